The van der Waals surface area contributed by atoms with Crippen LogP contribution < -0.4 is 0 Å². The van der Waals surface area contributed by atoms with E-state index in [4.69, 9.17) is 4.98 Å². The van der Waals surface area contributed by atoms with Gasteiger partial charge in [-0.05, 0) is 50.3 Å². The smallest absolute Gasteiger partial charge is 0.143 e. The summed E-state index contributed by atoms with van der Waals surface area (Å²) in [6.07, 6.45) is 10.4. The van der Waals surface area contributed by atoms with Gasteiger partial charge < -0.3 is 0 Å². The molecule has 2 fully saturated rings. The van der Waals surface area contributed by atoms with Gasteiger partial charge in [0.25, 0.3) is 0 Å². The van der Waals surface area contributed by atoms with Gasteiger partial charge >= 0.3 is 0 Å². The van der Waals surface area contributed by atoms with Crippen LogP contribution in [0.3, 0.4) is 0 Å². The molecule has 3 heterocycles. The number of likely N-dealkylation sites (tertiary alicyclic amines) is 1. The van der Waals surface area contributed by atoms with E-state index in [1.165, 1.54) is 50.1 Å². The van der Waals surface area contributed by atoms with Crippen LogP contribution in [0, 0.1) is 5.92 Å². The van der Waals surface area contributed by atoms with Gasteiger partial charge in [-0.2, -0.15) is 0 Å². The zero-order valence-electron chi connectivity index (χ0n) is 11.8. The second-order valence-corrected chi connectivity index (χ2v) is 7.22. The lowest BCUT2D eigenvalue weighted by atomic mass is 9.96. The summed E-state index contributed by atoms with van der Waals surface area (Å²) < 4.78 is 0. The number of rotatable bonds is 3. The first kappa shape index (κ1) is 12.7. The number of hydrogen-bond acceptors (Lipinski definition) is 4. The SMILES string of the molecule is c1cnc2sc(CN3CCC[C@H]3C3CCCC3)nc2c1. The molecule has 106 valence electrons. The van der Waals surface area contributed by atoms with E-state index < -0.39 is 0 Å². The maximum atomic E-state index is 4.75. The van der Waals surface area contributed by atoms with Crippen molar-refractivity contribution < 1.29 is 0 Å². The molecule has 0 radical (unpaired) electrons. The largest absolute Gasteiger partial charge is 0.293 e. The molecular formula is C16H21N3S. The molecule has 3 nitrogen and oxygen atoms in total. The first-order valence-corrected chi connectivity index (χ1v) is 8.66. The fraction of sp³-hybridized carbons (Fsp3) is 0.625. The summed E-state index contributed by atoms with van der Waals surface area (Å²) in [5, 5.41) is 1.24. The summed E-state index contributed by atoms with van der Waals surface area (Å²) in [7, 11) is 0. The van der Waals surface area contributed by atoms with Gasteiger partial charge in [0.2, 0.25) is 0 Å². The van der Waals surface area contributed by atoms with Gasteiger partial charge in [0.05, 0.1) is 6.54 Å². The average Bonchev–Trinajstić information content (AvgIpc) is 3.18. The van der Waals surface area contributed by atoms with Gasteiger partial charge in [0, 0.05) is 12.2 Å². The topological polar surface area (TPSA) is 29.0 Å². The van der Waals surface area contributed by atoms with Crippen molar-refractivity contribution >= 4 is 21.7 Å². The Morgan fingerprint density at radius 1 is 1.20 bits per heavy atom. The van der Waals surface area contributed by atoms with E-state index in [1.54, 1.807) is 11.3 Å². The lowest BCUT2D eigenvalue weighted by Gasteiger charge is -2.28. The Kier molecular flexibility index (Phi) is 3.44. The lowest BCUT2D eigenvalue weighted by molar-refractivity contribution is 0.183. The highest BCUT2D eigenvalue weighted by atomic mass is 32.1. The van der Waals surface area contributed by atoms with Gasteiger partial charge in [-0.25, -0.2) is 9.97 Å². The molecule has 20 heavy (non-hydrogen) atoms. The molecule has 2 aliphatic rings. The third-order valence-corrected chi connectivity index (χ3v) is 5.87. The van der Waals surface area contributed by atoms with Crippen LogP contribution in [0.4, 0.5) is 0 Å². The van der Waals surface area contributed by atoms with E-state index in [-0.39, 0.29) is 0 Å². The second-order valence-electron chi connectivity index (χ2n) is 6.16. The predicted molar refractivity (Wildman–Crippen MR) is 82.8 cm³/mol. The molecule has 4 heteroatoms. The highest BCUT2D eigenvalue weighted by Gasteiger charge is 2.33. The minimum atomic E-state index is 0.817. The molecule has 0 N–H and O–H groups in total. The maximum absolute atomic E-state index is 4.75. The van der Waals surface area contributed by atoms with Crippen molar-refractivity contribution in [3.63, 3.8) is 0 Å². The van der Waals surface area contributed by atoms with E-state index in [9.17, 15) is 0 Å². The molecule has 0 amide bonds. The van der Waals surface area contributed by atoms with E-state index in [0.29, 0.717) is 0 Å². The molecule has 1 saturated heterocycles. The molecule has 0 aromatic carbocycles. The quantitative estimate of drug-likeness (QED) is 0.858. The number of fused-ring (bicyclic) bond motifs is 1. The first-order chi connectivity index (χ1) is 9.90. The molecule has 0 bridgehead atoms. The van der Waals surface area contributed by atoms with Crippen LogP contribution in [0.2, 0.25) is 0 Å². The van der Waals surface area contributed by atoms with Crippen molar-refractivity contribution in [3.05, 3.63) is 23.3 Å². The fourth-order valence-electron chi connectivity index (χ4n) is 3.98. The Labute approximate surface area is 124 Å². The van der Waals surface area contributed by atoms with Crippen LogP contribution in [-0.2, 0) is 6.54 Å². The first-order valence-electron chi connectivity index (χ1n) is 7.84. The van der Waals surface area contributed by atoms with Crippen LogP contribution in [-0.4, -0.2) is 27.5 Å². The standard InChI is InChI=1S/C16H21N3S/c1-2-6-12(5-1)14-8-4-10-19(14)11-15-18-13-7-3-9-17-16(13)20-15/h3,7,9,12,14H,1-2,4-6,8,10-11H2/t14-/m0/s1. The molecule has 0 unspecified atom stereocenters. The van der Waals surface area contributed by atoms with Gasteiger partial charge in [-0.15, -0.1) is 0 Å². The molecule has 4 rings (SSSR count). The Balaban J connectivity index is 1.52. The number of nitrogens with zero attached hydrogens (tertiary/aromatic N) is 3. The summed E-state index contributed by atoms with van der Waals surface area (Å²) >= 11 is 1.76. The fourth-order valence-corrected chi connectivity index (χ4v) is 4.91. The summed E-state index contributed by atoms with van der Waals surface area (Å²) in [4.78, 5) is 12.9. The maximum Gasteiger partial charge on any atom is 0.143 e. The summed E-state index contributed by atoms with van der Waals surface area (Å²) in [5.41, 5.74) is 1.06. The number of hydrogen-bond donors (Lipinski definition) is 0. The van der Waals surface area contributed by atoms with Gasteiger partial charge in [0.1, 0.15) is 15.4 Å². The van der Waals surface area contributed by atoms with Crippen molar-refractivity contribution in [2.45, 2.75) is 51.1 Å². The highest BCUT2D eigenvalue weighted by Crippen LogP contribution is 2.36. The van der Waals surface area contributed by atoms with E-state index >= 15 is 0 Å². The Hall–Kier alpha value is -1.00. The highest BCUT2D eigenvalue weighted by molar-refractivity contribution is 7.18. The van der Waals surface area contributed by atoms with Crippen molar-refractivity contribution in [1.29, 1.82) is 0 Å². The van der Waals surface area contributed by atoms with Gasteiger partial charge in [-0.1, -0.05) is 24.2 Å². The lowest BCUT2D eigenvalue weighted by Crippen LogP contribution is -2.34. The van der Waals surface area contributed by atoms with Crippen molar-refractivity contribution in [2.24, 2.45) is 5.92 Å². The number of pyridine rings is 1. The molecule has 0 spiro atoms. The monoisotopic (exact) mass is 287 g/mol. The van der Waals surface area contributed by atoms with Crippen LogP contribution in [0.5, 0.6) is 0 Å². The van der Waals surface area contributed by atoms with E-state index in [2.05, 4.69) is 16.0 Å². The van der Waals surface area contributed by atoms with Crippen molar-refractivity contribution in [1.82, 2.24) is 14.9 Å². The summed E-state index contributed by atoms with van der Waals surface area (Å²) in [6, 6.07) is 4.86. The van der Waals surface area contributed by atoms with Crippen LogP contribution in [0.15, 0.2) is 18.3 Å². The molecule has 2 aromatic heterocycles. The predicted octanol–water partition coefficient (Wildman–Crippen LogP) is 3.85. The normalized spacial score (nSPS) is 24.9. The number of aromatic nitrogens is 2. The third-order valence-electron chi connectivity index (χ3n) is 4.91. The molecule has 1 aliphatic heterocycles. The molecule has 1 saturated carbocycles. The van der Waals surface area contributed by atoms with E-state index in [1.807, 2.05) is 12.3 Å². The van der Waals surface area contributed by atoms with Crippen molar-refractivity contribution in [3.8, 4) is 0 Å². The summed E-state index contributed by atoms with van der Waals surface area (Å²) in [5.74, 6) is 0.949. The molecule has 1 aliphatic carbocycles. The van der Waals surface area contributed by atoms with Crippen LogP contribution in [0.1, 0.15) is 43.5 Å². The summed E-state index contributed by atoms with van der Waals surface area (Å²) in [6.45, 7) is 2.28. The Morgan fingerprint density at radius 3 is 2.95 bits per heavy atom. The zero-order valence-corrected chi connectivity index (χ0v) is 12.6. The Bertz CT molecular complexity index is 555. The molecule has 2 aromatic rings. The third kappa shape index (κ3) is 2.35. The molecular weight excluding hydrogens is 266 g/mol. The number of thiazole rings is 1. The minimum absolute atomic E-state index is 0.817. The average molecular weight is 287 g/mol. The zero-order chi connectivity index (χ0) is 13.4. The van der Waals surface area contributed by atoms with E-state index in [0.717, 1.165) is 28.9 Å². The van der Waals surface area contributed by atoms with Gasteiger partial charge in [-0.3, -0.25) is 4.90 Å². The minimum Gasteiger partial charge on any atom is -0.293 e. The van der Waals surface area contributed by atoms with Crippen LogP contribution >= 0.6 is 11.3 Å². The van der Waals surface area contributed by atoms with Crippen LogP contribution in [0.25, 0.3) is 10.3 Å². The second kappa shape index (κ2) is 5.41. The van der Waals surface area contributed by atoms with Crippen molar-refractivity contribution in [2.75, 3.05) is 6.54 Å². The van der Waals surface area contributed by atoms with Gasteiger partial charge in [0.15, 0.2) is 0 Å². The Morgan fingerprint density at radius 2 is 2.10 bits per heavy atom. The molecule has 1 atom stereocenters.